The maximum Gasteiger partial charge on any atom is 0.244 e. The number of nitrogens with zero attached hydrogens (tertiary/aromatic N) is 4. The summed E-state index contributed by atoms with van der Waals surface area (Å²) in [5.41, 5.74) is 3.08. The van der Waals surface area contributed by atoms with Gasteiger partial charge in [-0.25, -0.2) is 0 Å². The summed E-state index contributed by atoms with van der Waals surface area (Å²) in [4.78, 5) is 12.1. The summed E-state index contributed by atoms with van der Waals surface area (Å²) in [6.07, 6.45) is 3.30. The molecule has 6 nitrogen and oxygen atoms in total. The number of tetrazole rings is 1. The van der Waals surface area contributed by atoms with Gasteiger partial charge in [0.25, 0.3) is 0 Å². The Hall–Kier alpha value is -2.80. The van der Waals surface area contributed by atoms with Crippen molar-refractivity contribution in [3.05, 3.63) is 76.0 Å². The minimum absolute atomic E-state index is 0.201. The molecule has 1 aromatic heterocycles. The number of amides is 1. The third kappa shape index (κ3) is 5.10. The summed E-state index contributed by atoms with van der Waals surface area (Å²) in [6, 6.07) is 15.8. The second-order valence-electron chi connectivity index (χ2n) is 6.36. The van der Waals surface area contributed by atoms with Crippen molar-refractivity contribution in [3.8, 4) is 5.69 Å². The number of nitrogens with one attached hydrogen (secondary N) is 1. The highest BCUT2D eigenvalue weighted by atomic mass is 79.9. The smallest absolute Gasteiger partial charge is 0.244 e. The van der Waals surface area contributed by atoms with E-state index >= 15 is 0 Å². The lowest BCUT2D eigenvalue weighted by Gasteiger charge is -2.05. The molecule has 0 unspecified atom stereocenters. The quantitative estimate of drug-likeness (QED) is 0.608. The van der Waals surface area contributed by atoms with E-state index in [1.807, 2.05) is 36.4 Å². The summed E-state index contributed by atoms with van der Waals surface area (Å²) in [5, 5.41) is 14.5. The van der Waals surface area contributed by atoms with Crippen LogP contribution in [0.5, 0.6) is 0 Å². The summed E-state index contributed by atoms with van der Waals surface area (Å²) < 4.78 is 2.57. The van der Waals surface area contributed by atoms with E-state index in [0.717, 1.165) is 15.7 Å². The van der Waals surface area contributed by atoms with Gasteiger partial charge in [-0.2, -0.15) is 4.68 Å². The van der Waals surface area contributed by atoms with Gasteiger partial charge in [-0.1, -0.05) is 54.0 Å². The lowest BCUT2D eigenvalue weighted by Crippen LogP contribution is -2.22. The fourth-order valence-electron chi connectivity index (χ4n) is 2.49. The third-order valence-corrected chi connectivity index (χ3v) is 4.58. The van der Waals surface area contributed by atoms with Gasteiger partial charge in [0.2, 0.25) is 5.91 Å². The molecule has 0 aliphatic rings. The lowest BCUT2D eigenvalue weighted by atomic mass is 10.0. The van der Waals surface area contributed by atoms with Crippen molar-refractivity contribution < 1.29 is 4.79 Å². The number of aromatic nitrogens is 4. The molecule has 7 heteroatoms. The van der Waals surface area contributed by atoms with Crippen molar-refractivity contribution in [1.29, 1.82) is 0 Å². The molecule has 0 aliphatic carbocycles. The van der Waals surface area contributed by atoms with Crippen LogP contribution in [0.4, 0.5) is 0 Å². The number of rotatable bonds is 6. The second kappa shape index (κ2) is 8.73. The molecule has 1 heterocycles. The maximum absolute atomic E-state index is 12.1. The molecule has 1 amide bonds. The summed E-state index contributed by atoms with van der Waals surface area (Å²) >= 11 is 3.40. The first kappa shape index (κ1) is 19.0. The van der Waals surface area contributed by atoms with Gasteiger partial charge in [0.15, 0.2) is 5.82 Å². The number of carbonyl (C=O) groups excluding carboxylic acids is 1. The van der Waals surface area contributed by atoms with E-state index in [-0.39, 0.29) is 12.5 Å². The maximum atomic E-state index is 12.1. The molecule has 0 saturated heterocycles. The predicted molar refractivity (Wildman–Crippen MR) is 108 cm³/mol. The summed E-state index contributed by atoms with van der Waals surface area (Å²) in [5.74, 6) is 0.844. The minimum Gasteiger partial charge on any atom is -0.345 e. The van der Waals surface area contributed by atoms with Crippen LogP contribution >= 0.6 is 15.9 Å². The Morgan fingerprint density at radius 2 is 1.85 bits per heavy atom. The molecule has 0 radical (unpaired) electrons. The highest BCUT2D eigenvalue weighted by Crippen LogP contribution is 2.15. The van der Waals surface area contributed by atoms with Gasteiger partial charge >= 0.3 is 0 Å². The van der Waals surface area contributed by atoms with Gasteiger partial charge in [-0.05, 0) is 57.8 Å². The fraction of sp³-hybridized carbons (Fsp3) is 0.200. The first-order valence-electron chi connectivity index (χ1n) is 8.62. The summed E-state index contributed by atoms with van der Waals surface area (Å²) in [6.45, 7) is 4.54. The molecule has 1 N–H and O–H groups in total. The van der Waals surface area contributed by atoms with E-state index in [0.29, 0.717) is 11.7 Å². The number of hydrogen-bond acceptors (Lipinski definition) is 4. The number of hydrogen-bond donors (Lipinski definition) is 1. The SMILES string of the molecule is CC(C)c1ccc(/C=C/C(=O)NCc2nnnn2-c2ccc(Br)cc2)cc1. The Bertz CT molecular complexity index is 930. The number of benzene rings is 2. The van der Waals surface area contributed by atoms with Crippen molar-refractivity contribution >= 4 is 27.9 Å². The average Bonchev–Trinajstić information content (AvgIpc) is 3.14. The van der Waals surface area contributed by atoms with Crippen molar-refractivity contribution in [1.82, 2.24) is 25.5 Å². The zero-order chi connectivity index (χ0) is 19.2. The molecule has 2 aromatic carbocycles. The van der Waals surface area contributed by atoms with Crippen LogP contribution in [0.2, 0.25) is 0 Å². The molecule has 138 valence electrons. The van der Waals surface area contributed by atoms with Gasteiger partial charge in [-0.15, -0.1) is 5.10 Å². The topological polar surface area (TPSA) is 72.7 Å². The zero-order valence-electron chi connectivity index (χ0n) is 15.1. The average molecular weight is 426 g/mol. The molecule has 3 rings (SSSR count). The van der Waals surface area contributed by atoms with Crippen LogP contribution in [-0.2, 0) is 11.3 Å². The lowest BCUT2D eigenvalue weighted by molar-refractivity contribution is -0.116. The zero-order valence-corrected chi connectivity index (χ0v) is 16.7. The van der Waals surface area contributed by atoms with Crippen LogP contribution in [0, 0.1) is 0 Å². The molecule has 0 aliphatic heterocycles. The van der Waals surface area contributed by atoms with Gasteiger partial charge < -0.3 is 5.32 Å². The Morgan fingerprint density at radius 1 is 1.15 bits per heavy atom. The molecule has 0 saturated carbocycles. The third-order valence-electron chi connectivity index (χ3n) is 4.06. The van der Waals surface area contributed by atoms with E-state index in [1.54, 1.807) is 10.8 Å². The van der Waals surface area contributed by atoms with Gasteiger partial charge in [0.1, 0.15) is 0 Å². The Labute approximate surface area is 166 Å². The standard InChI is InChI=1S/C20H20BrN5O/c1-14(2)16-6-3-15(4-7-16)5-12-20(27)22-13-19-23-24-25-26(19)18-10-8-17(21)9-11-18/h3-12,14H,13H2,1-2H3,(H,22,27)/b12-5+. The molecule has 0 spiro atoms. The number of carbonyl (C=O) groups is 1. The van der Waals surface area contributed by atoms with Crippen LogP contribution in [-0.4, -0.2) is 26.1 Å². The van der Waals surface area contributed by atoms with Crippen molar-refractivity contribution in [2.45, 2.75) is 26.3 Å². The van der Waals surface area contributed by atoms with Gasteiger partial charge in [0.05, 0.1) is 12.2 Å². The summed E-state index contributed by atoms with van der Waals surface area (Å²) in [7, 11) is 0. The highest BCUT2D eigenvalue weighted by Gasteiger charge is 2.09. The van der Waals surface area contributed by atoms with E-state index < -0.39 is 0 Å². The largest absolute Gasteiger partial charge is 0.345 e. The van der Waals surface area contributed by atoms with Crippen molar-refractivity contribution in [2.75, 3.05) is 0 Å². The Kier molecular flexibility index (Phi) is 6.13. The van der Waals surface area contributed by atoms with Gasteiger partial charge in [0, 0.05) is 10.5 Å². The Balaban J connectivity index is 1.60. The molecule has 0 atom stereocenters. The highest BCUT2D eigenvalue weighted by molar-refractivity contribution is 9.10. The van der Waals surface area contributed by atoms with Crippen molar-refractivity contribution in [2.24, 2.45) is 0 Å². The predicted octanol–water partition coefficient (Wildman–Crippen LogP) is 3.88. The van der Waals surface area contributed by atoms with Crippen LogP contribution in [0.15, 0.2) is 59.1 Å². The fourth-order valence-corrected chi connectivity index (χ4v) is 2.75. The van der Waals surface area contributed by atoms with Crippen LogP contribution in [0.1, 0.15) is 36.7 Å². The van der Waals surface area contributed by atoms with Crippen LogP contribution < -0.4 is 5.32 Å². The Morgan fingerprint density at radius 3 is 2.52 bits per heavy atom. The molecule has 0 fully saturated rings. The van der Waals surface area contributed by atoms with Gasteiger partial charge in [-0.3, -0.25) is 4.79 Å². The van der Waals surface area contributed by atoms with E-state index in [4.69, 9.17) is 0 Å². The second-order valence-corrected chi connectivity index (χ2v) is 7.27. The normalized spacial score (nSPS) is 11.3. The molecule has 3 aromatic rings. The molecular formula is C20H20BrN5O. The monoisotopic (exact) mass is 425 g/mol. The van der Waals surface area contributed by atoms with Crippen LogP contribution in [0.25, 0.3) is 11.8 Å². The first-order valence-corrected chi connectivity index (χ1v) is 9.41. The molecule has 27 heavy (non-hydrogen) atoms. The molecular weight excluding hydrogens is 406 g/mol. The van der Waals surface area contributed by atoms with Crippen molar-refractivity contribution in [3.63, 3.8) is 0 Å². The van der Waals surface area contributed by atoms with E-state index in [9.17, 15) is 4.79 Å². The minimum atomic E-state index is -0.201. The number of halogens is 1. The molecule has 0 bridgehead atoms. The van der Waals surface area contributed by atoms with E-state index in [2.05, 4.69) is 62.8 Å². The first-order chi connectivity index (χ1) is 13.0. The van der Waals surface area contributed by atoms with E-state index in [1.165, 1.54) is 11.6 Å². The van der Waals surface area contributed by atoms with Crippen LogP contribution in [0.3, 0.4) is 0 Å².